The Hall–Kier alpha value is -1.50. The third-order valence-electron chi connectivity index (χ3n) is 4.80. The monoisotopic (exact) mass is 456 g/mol. The normalized spacial score (nSPS) is 41.1. The second kappa shape index (κ2) is 11.4. The maximum atomic E-state index is 10.6. The van der Waals surface area contributed by atoms with E-state index >= 15 is 0 Å². The number of aliphatic hydroxyl groups excluding tert-OH is 4. The highest BCUT2D eigenvalue weighted by Gasteiger charge is 2.49. The Balaban J connectivity index is 2.09. The molecule has 0 saturated carbocycles. The molecule has 31 heavy (non-hydrogen) atoms. The van der Waals surface area contributed by atoms with Crippen LogP contribution in [0.5, 0.6) is 0 Å². The van der Waals surface area contributed by atoms with E-state index < -0.39 is 99.7 Å². The minimum Gasteiger partial charge on any atom is -0.480 e. The van der Waals surface area contributed by atoms with Gasteiger partial charge in [-0.15, -0.1) is 0 Å². The van der Waals surface area contributed by atoms with E-state index in [1.165, 1.54) is 0 Å². The first-order valence-corrected chi connectivity index (χ1v) is 9.31. The number of hydrogen-bond donors (Lipinski definition) is 8. The Bertz CT molecular complexity index is 610. The van der Waals surface area contributed by atoms with E-state index in [2.05, 4.69) is 0 Å². The molecule has 2 fully saturated rings. The largest absolute Gasteiger partial charge is 0.480 e. The molecule has 10 atom stereocenters. The lowest BCUT2D eigenvalue weighted by Crippen LogP contribution is -2.67. The van der Waals surface area contributed by atoms with Crippen LogP contribution >= 0.6 is 0 Å². The van der Waals surface area contributed by atoms with Crippen LogP contribution in [0, 0.1) is 0 Å². The molecule has 0 aliphatic carbocycles. The number of aliphatic hydroxyl groups is 4. The Labute approximate surface area is 176 Å². The fraction of sp³-hybridized carbons (Fsp3) is 0.875. The van der Waals surface area contributed by atoms with Crippen LogP contribution in [0.25, 0.3) is 0 Å². The predicted molar refractivity (Wildman–Crippen MR) is 95.3 cm³/mol. The van der Waals surface area contributed by atoms with E-state index in [0.717, 1.165) is 0 Å². The second-order valence-electron chi connectivity index (χ2n) is 7.15. The highest BCUT2D eigenvalue weighted by Crippen LogP contribution is 2.28. The zero-order chi connectivity index (χ0) is 23.3. The lowest BCUT2D eigenvalue weighted by Gasteiger charge is -2.46. The molecule has 2 aliphatic rings. The van der Waals surface area contributed by atoms with Crippen LogP contribution in [-0.4, -0.2) is 130 Å². The number of carbonyl (C=O) groups is 2. The lowest BCUT2D eigenvalue weighted by atomic mass is 9.95. The standard InChI is InChI=1S/C16H28N2O13/c17-9-13(25)14(6(29-15(9)26)2-28-4-8(21)22)31-16-10(18)12(24)11(23)5(30-16)1-27-3-7(19)20/h5-6,9-16,23-26H,1-4,17-18H2,(H,19,20)(H,21,22)/t5-,6-,9-,10-,11-,12-,13-,14-,15-,16+/m1/s1. The summed E-state index contributed by atoms with van der Waals surface area (Å²) >= 11 is 0. The average Bonchev–Trinajstić information content (AvgIpc) is 2.69. The summed E-state index contributed by atoms with van der Waals surface area (Å²) in [6.45, 7) is -2.18. The molecule has 10 N–H and O–H groups in total. The van der Waals surface area contributed by atoms with Crippen LogP contribution < -0.4 is 11.5 Å². The Morgan fingerprint density at radius 3 is 1.87 bits per heavy atom. The van der Waals surface area contributed by atoms with Crippen molar-refractivity contribution in [1.29, 1.82) is 0 Å². The number of hydrogen-bond acceptors (Lipinski definition) is 13. The molecule has 0 unspecified atom stereocenters. The third kappa shape index (κ3) is 6.74. The molecule has 0 aromatic carbocycles. The van der Waals surface area contributed by atoms with Gasteiger partial charge >= 0.3 is 11.9 Å². The molecule has 2 heterocycles. The molecule has 2 aliphatic heterocycles. The summed E-state index contributed by atoms with van der Waals surface area (Å²) in [6.07, 6.45) is -11.4. The first-order valence-electron chi connectivity index (χ1n) is 9.31. The first kappa shape index (κ1) is 25.8. The maximum absolute atomic E-state index is 10.6. The minimum atomic E-state index is -1.60. The van der Waals surface area contributed by atoms with Gasteiger partial charge in [0.25, 0.3) is 0 Å². The highest BCUT2D eigenvalue weighted by molar-refractivity contribution is 5.68. The Kier molecular flexibility index (Phi) is 9.46. The van der Waals surface area contributed by atoms with Crippen molar-refractivity contribution in [3.63, 3.8) is 0 Å². The predicted octanol–water partition coefficient (Wildman–Crippen LogP) is -5.25. The van der Waals surface area contributed by atoms with Gasteiger partial charge in [0, 0.05) is 0 Å². The molecule has 0 radical (unpaired) electrons. The number of nitrogens with two attached hydrogens (primary N) is 2. The van der Waals surface area contributed by atoms with Crippen molar-refractivity contribution in [2.45, 2.75) is 61.3 Å². The van der Waals surface area contributed by atoms with E-state index in [1.807, 2.05) is 0 Å². The van der Waals surface area contributed by atoms with Gasteiger partial charge in [-0.3, -0.25) is 0 Å². The van der Waals surface area contributed by atoms with Crippen molar-refractivity contribution in [1.82, 2.24) is 0 Å². The fourth-order valence-electron chi connectivity index (χ4n) is 3.15. The van der Waals surface area contributed by atoms with Crippen molar-refractivity contribution in [3.8, 4) is 0 Å². The lowest BCUT2D eigenvalue weighted by molar-refractivity contribution is -0.325. The van der Waals surface area contributed by atoms with Crippen LogP contribution in [0.4, 0.5) is 0 Å². The van der Waals surface area contributed by atoms with Gasteiger partial charge in [-0.05, 0) is 0 Å². The number of carboxylic acid groups (broad SMARTS) is 2. The number of rotatable bonds is 10. The molecule has 0 bridgehead atoms. The number of ether oxygens (including phenoxy) is 5. The summed E-state index contributed by atoms with van der Waals surface area (Å²) in [7, 11) is 0. The SMILES string of the molecule is N[C@@H]1[C@@H](O)[C@H](O[C@@H]2O[C@H](COCC(=O)O)[C@@H](O)[C@H](O)[C@H]2N)[C@@H](COCC(=O)O)O[C@H]1O. The maximum Gasteiger partial charge on any atom is 0.329 e. The topological polar surface area (TPSA) is 254 Å². The van der Waals surface area contributed by atoms with Crippen molar-refractivity contribution < 1.29 is 63.9 Å². The number of carboxylic acids is 2. The van der Waals surface area contributed by atoms with Crippen LogP contribution in [-0.2, 0) is 33.3 Å². The van der Waals surface area contributed by atoms with E-state index in [1.54, 1.807) is 0 Å². The van der Waals surface area contributed by atoms with Gasteiger partial charge in [-0.1, -0.05) is 0 Å². The summed E-state index contributed by atoms with van der Waals surface area (Å²) < 4.78 is 26.2. The fourth-order valence-corrected chi connectivity index (χ4v) is 3.15. The van der Waals surface area contributed by atoms with E-state index in [4.69, 9.17) is 45.4 Å². The van der Waals surface area contributed by atoms with E-state index in [-0.39, 0.29) is 0 Å². The highest BCUT2D eigenvalue weighted by atomic mass is 16.7. The van der Waals surface area contributed by atoms with Gasteiger partial charge in [-0.2, -0.15) is 0 Å². The van der Waals surface area contributed by atoms with Gasteiger partial charge in [0.2, 0.25) is 0 Å². The van der Waals surface area contributed by atoms with Crippen LogP contribution in [0.15, 0.2) is 0 Å². The molecule has 0 amide bonds. The number of aliphatic carboxylic acids is 2. The van der Waals surface area contributed by atoms with Gasteiger partial charge < -0.3 is 65.8 Å². The molecule has 0 aromatic heterocycles. The quantitative estimate of drug-likeness (QED) is 0.153. The van der Waals surface area contributed by atoms with Gasteiger partial charge in [-0.25, -0.2) is 9.59 Å². The van der Waals surface area contributed by atoms with Crippen LogP contribution in [0.1, 0.15) is 0 Å². The van der Waals surface area contributed by atoms with Crippen molar-refractivity contribution in [2.75, 3.05) is 26.4 Å². The zero-order valence-corrected chi connectivity index (χ0v) is 16.3. The molecule has 15 heteroatoms. The molecule has 2 saturated heterocycles. The summed E-state index contributed by atoms with van der Waals surface area (Å²) in [4.78, 5) is 21.2. The summed E-state index contributed by atoms with van der Waals surface area (Å²) in [5, 5.41) is 57.9. The average molecular weight is 456 g/mol. The van der Waals surface area contributed by atoms with E-state index in [0.29, 0.717) is 0 Å². The molecule has 180 valence electrons. The molecule has 2 rings (SSSR count). The van der Waals surface area contributed by atoms with Crippen LogP contribution in [0.2, 0.25) is 0 Å². The van der Waals surface area contributed by atoms with Crippen LogP contribution in [0.3, 0.4) is 0 Å². The summed E-state index contributed by atoms with van der Waals surface area (Å²) in [6, 6.07) is -2.60. The zero-order valence-electron chi connectivity index (χ0n) is 16.3. The summed E-state index contributed by atoms with van der Waals surface area (Å²) in [5.41, 5.74) is 11.5. The van der Waals surface area contributed by atoms with Gasteiger partial charge in [0.1, 0.15) is 49.8 Å². The molecule has 0 spiro atoms. The first-order chi connectivity index (χ1) is 14.5. The molecular formula is C16H28N2O13. The van der Waals surface area contributed by atoms with Crippen molar-refractivity contribution in [2.24, 2.45) is 11.5 Å². The smallest absolute Gasteiger partial charge is 0.329 e. The Morgan fingerprint density at radius 1 is 0.774 bits per heavy atom. The minimum absolute atomic E-state index is 0.407. The van der Waals surface area contributed by atoms with Gasteiger partial charge in [0.15, 0.2) is 12.6 Å². The molecule has 0 aromatic rings. The summed E-state index contributed by atoms with van der Waals surface area (Å²) in [5.74, 6) is -2.51. The van der Waals surface area contributed by atoms with Crippen molar-refractivity contribution >= 4 is 11.9 Å². The Morgan fingerprint density at radius 2 is 1.32 bits per heavy atom. The van der Waals surface area contributed by atoms with E-state index in [9.17, 15) is 30.0 Å². The third-order valence-corrected chi connectivity index (χ3v) is 4.80. The molecular weight excluding hydrogens is 428 g/mol. The molecule has 15 nitrogen and oxygen atoms in total. The van der Waals surface area contributed by atoms with Crippen molar-refractivity contribution in [3.05, 3.63) is 0 Å². The van der Waals surface area contributed by atoms with Gasteiger partial charge in [0.05, 0.1) is 25.3 Å². The second-order valence-corrected chi connectivity index (χ2v) is 7.15.